The fourth-order valence-corrected chi connectivity index (χ4v) is 4.80. The molecule has 2 saturated heterocycles. The van der Waals surface area contributed by atoms with Crippen molar-refractivity contribution in [1.82, 2.24) is 10.2 Å². The zero-order valence-electron chi connectivity index (χ0n) is 11.9. The lowest BCUT2D eigenvalue weighted by molar-refractivity contribution is -0.143. The molecular formula is C14H22N2O3S. The van der Waals surface area contributed by atoms with E-state index in [4.69, 9.17) is 6.42 Å². The van der Waals surface area contributed by atoms with Gasteiger partial charge in [0.25, 0.3) is 0 Å². The van der Waals surface area contributed by atoms with Gasteiger partial charge in [-0.25, -0.2) is 8.42 Å². The molecule has 2 aliphatic rings. The van der Waals surface area contributed by atoms with Gasteiger partial charge in [0, 0.05) is 12.6 Å². The summed E-state index contributed by atoms with van der Waals surface area (Å²) in [6.07, 6.45) is 7.64. The van der Waals surface area contributed by atoms with Crippen LogP contribution in [0.25, 0.3) is 0 Å². The molecule has 112 valence electrons. The molecule has 0 aromatic carbocycles. The lowest BCUT2D eigenvalue weighted by Gasteiger charge is -2.39. The van der Waals surface area contributed by atoms with Crippen LogP contribution in [0.4, 0.5) is 0 Å². The number of rotatable bonds is 3. The van der Waals surface area contributed by atoms with Gasteiger partial charge in [0.1, 0.15) is 0 Å². The largest absolute Gasteiger partial charge is 0.327 e. The summed E-state index contributed by atoms with van der Waals surface area (Å²) >= 11 is 0. The first-order valence-electron chi connectivity index (χ1n) is 7.04. The SMILES string of the molecule is C#CCN(C(=O)C1(C)CCCNC1)C1CCS(=O)(=O)C1. The first-order valence-corrected chi connectivity index (χ1v) is 8.86. The maximum atomic E-state index is 12.8. The lowest BCUT2D eigenvalue weighted by Crippen LogP contribution is -2.53. The Morgan fingerprint density at radius 2 is 2.30 bits per heavy atom. The Balaban J connectivity index is 2.16. The summed E-state index contributed by atoms with van der Waals surface area (Å²) in [4.78, 5) is 14.4. The van der Waals surface area contributed by atoms with Crippen molar-refractivity contribution in [3.63, 3.8) is 0 Å². The molecule has 20 heavy (non-hydrogen) atoms. The highest BCUT2D eigenvalue weighted by Gasteiger charge is 2.42. The van der Waals surface area contributed by atoms with E-state index < -0.39 is 15.3 Å². The van der Waals surface area contributed by atoms with E-state index in [9.17, 15) is 13.2 Å². The van der Waals surface area contributed by atoms with Gasteiger partial charge in [-0.2, -0.15) is 0 Å². The number of piperidine rings is 1. The molecule has 2 fully saturated rings. The molecule has 0 spiro atoms. The quantitative estimate of drug-likeness (QED) is 0.746. The molecule has 1 amide bonds. The zero-order valence-corrected chi connectivity index (χ0v) is 12.7. The molecule has 2 atom stereocenters. The van der Waals surface area contributed by atoms with Crippen LogP contribution in [0.2, 0.25) is 0 Å². The minimum atomic E-state index is -3.02. The van der Waals surface area contributed by atoms with E-state index in [0.717, 1.165) is 19.4 Å². The molecule has 5 nitrogen and oxygen atoms in total. The second kappa shape index (κ2) is 5.74. The number of hydrogen-bond donors (Lipinski definition) is 1. The number of carbonyl (C=O) groups is 1. The Labute approximate surface area is 121 Å². The van der Waals surface area contributed by atoms with Gasteiger partial charge in [0.05, 0.1) is 23.5 Å². The van der Waals surface area contributed by atoms with Crippen LogP contribution in [-0.4, -0.2) is 56.4 Å². The normalized spacial score (nSPS) is 32.5. The average Bonchev–Trinajstić information content (AvgIpc) is 2.76. The molecule has 0 aromatic rings. The molecule has 0 saturated carbocycles. The van der Waals surface area contributed by atoms with E-state index in [1.54, 1.807) is 4.90 Å². The summed E-state index contributed by atoms with van der Waals surface area (Å²) in [6.45, 7) is 3.69. The highest BCUT2D eigenvalue weighted by Crippen LogP contribution is 2.30. The van der Waals surface area contributed by atoms with E-state index in [0.29, 0.717) is 13.0 Å². The third kappa shape index (κ3) is 3.15. The maximum Gasteiger partial charge on any atom is 0.230 e. The van der Waals surface area contributed by atoms with Crippen molar-refractivity contribution in [2.75, 3.05) is 31.1 Å². The van der Waals surface area contributed by atoms with Crippen molar-refractivity contribution in [3.05, 3.63) is 0 Å². The predicted molar refractivity (Wildman–Crippen MR) is 77.8 cm³/mol. The van der Waals surface area contributed by atoms with Gasteiger partial charge in [-0.3, -0.25) is 4.79 Å². The van der Waals surface area contributed by atoms with Crippen LogP contribution in [0.15, 0.2) is 0 Å². The minimum absolute atomic E-state index is 0.00949. The lowest BCUT2D eigenvalue weighted by atomic mass is 9.81. The summed E-state index contributed by atoms with van der Waals surface area (Å²) in [5, 5.41) is 3.24. The summed E-state index contributed by atoms with van der Waals surface area (Å²) in [5.74, 6) is 2.69. The minimum Gasteiger partial charge on any atom is -0.327 e. The van der Waals surface area contributed by atoms with Gasteiger partial charge in [0.15, 0.2) is 9.84 Å². The molecule has 0 radical (unpaired) electrons. The van der Waals surface area contributed by atoms with E-state index >= 15 is 0 Å². The van der Waals surface area contributed by atoms with Gasteiger partial charge in [-0.05, 0) is 32.7 Å². The first-order chi connectivity index (χ1) is 9.38. The van der Waals surface area contributed by atoms with Crippen LogP contribution in [0.1, 0.15) is 26.2 Å². The molecule has 6 heteroatoms. The molecule has 0 aliphatic carbocycles. The average molecular weight is 298 g/mol. The van der Waals surface area contributed by atoms with Gasteiger partial charge >= 0.3 is 0 Å². The van der Waals surface area contributed by atoms with Gasteiger partial charge in [0.2, 0.25) is 5.91 Å². The van der Waals surface area contributed by atoms with Crippen molar-refractivity contribution in [1.29, 1.82) is 0 Å². The van der Waals surface area contributed by atoms with Crippen LogP contribution in [-0.2, 0) is 14.6 Å². The second-order valence-electron chi connectivity index (χ2n) is 6.04. The third-order valence-corrected chi connectivity index (χ3v) is 6.04. The number of nitrogens with one attached hydrogen (secondary N) is 1. The zero-order chi connectivity index (χ0) is 14.8. The van der Waals surface area contributed by atoms with Crippen molar-refractivity contribution in [2.45, 2.75) is 32.2 Å². The number of terminal acetylenes is 1. The van der Waals surface area contributed by atoms with E-state index in [1.807, 2.05) is 6.92 Å². The summed E-state index contributed by atoms with van der Waals surface area (Å²) in [5.41, 5.74) is -0.471. The summed E-state index contributed by atoms with van der Waals surface area (Å²) < 4.78 is 23.3. The number of sulfone groups is 1. The van der Waals surface area contributed by atoms with Crippen LogP contribution >= 0.6 is 0 Å². The highest BCUT2D eigenvalue weighted by atomic mass is 32.2. The number of carbonyl (C=O) groups excluding carboxylic acids is 1. The molecular weight excluding hydrogens is 276 g/mol. The monoisotopic (exact) mass is 298 g/mol. The molecule has 2 rings (SSSR count). The first kappa shape index (κ1) is 15.3. The molecule has 2 unspecified atom stereocenters. The number of amides is 1. The molecule has 0 aromatic heterocycles. The fraction of sp³-hybridized carbons (Fsp3) is 0.786. The van der Waals surface area contributed by atoms with Crippen molar-refractivity contribution in [3.8, 4) is 12.3 Å². The van der Waals surface area contributed by atoms with Crippen LogP contribution in [0, 0.1) is 17.8 Å². The number of nitrogens with zero attached hydrogens (tertiary/aromatic N) is 1. The standard InChI is InChI=1S/C14H22N2O3S/c1-3-8-16(12-5-9-20(18,19)10-12)13(17)14(2)6-4-7-15-11-14/h1,12,15H,4-11H2,2H3. The van der Waals surface area contributed by atoms with Crippen LogP contribution < -0.4 is 5.32 Å². The van der Waals surface area contributed by atoms with E-state index in [1.165, 1.54) is 0 Å². The highest BCUT2D eigenvalue weighted by molar-refractivity contribution is 7.91. The topological polar surface area (TPSA) is 66.5 Å². The number of hydrogen-bond acceptors (Lipinski definition) is 4. The Kier molecular flexibility index (Phi) is 4.40. The molecule has 2 aliphatic heterocycles. The third-order valence-electron chi connectivity index (χ3n) is 4.29. The Hall–Kier alpha value is -1.06. The Morgan fingerprint density at radius 3 is 2.80 bits per heavy atom. The van der Waals surface area contributed by atoms with Crippen LogP contribution in [0.5, 0.6) is 0 Å². The van der Waals surface area contributed by atoms with Crippen molar-refractivity contribution >= 4 is 15.7 Å². The smallest absolute Gasteiger partial charge is 0.230 e. The fourth-order valence-electron chi connectivity index (χ4n) is 3.07. The van der Waals surface area contributed by atoms with E-state index in [2.05, 4.69) is 11.2 Å². The van der Waals surface area contributed by atoms with Gasteiger partial charge < -0.3 is 10.2 Å². The summed E-state index contributed by atoms with van der Waals surface area (Å²) in [6, 6.07) is -0.262. The van der Waals surface area contributed by atoms with Gasteiger partial charge in [-0.1, -0.05) is 5.92 Å². The predicted octanol–water partition coefficient (Wildman–Crippen LogP) is 0.0250. The van der Waals surface area contributed by atoms with E-state index in [-0.39, 0.29) is 30.0 Å². The van der Waals surface area contributed by atoms with Crippen molar-refractivity contribution in [2.24, 2.45) is 5.41 Å². The maximum absolute atomic E-state index is 12.8. The Morgan fingerprint density at radius 1 is 1.55 bits per heavy atom. The molecule has 1 N–H and O–H groups in total. The Bertz CT molecular complexity index is 515. The van der Waals surface area contributed by atoms with Crippen LogP contribution in [0.3, 0.4) is 0 Å². The molecule has 0 bridgehead atoms. The summed E-state index contributed by atoms with van der Waals surface area (Å²) in [7, 11) is -3.02. The van der Waals surface area contributed by atoms with Gasteiger partial charge in [-0.15, -0.1) is 6.42 Å². The second-order valence-corrected chi connectivity index (χ2v) is 8.26. The molecule has 2 heterocycles. The van der Waals surface area contributed by atoms with Crippen molar-refractivity contribution < 1.29 is 13.2 Å².